The van der Waals surface area contributed by atoms with Crippen LogP contribution in [-0.2, 0) is 11.4 Å². The van der Waals surface area contributed by atoms with Crippen molar-refractivity contribution in [2.45, 2.75) is 50.8 Å². The van der Waals surface area contributed by atoms with Crippen molar-refractivity contribution < 1.29 is 8.94 Å². The molecule has 1 aromatic rings. The lowest BCUT2D eigenvalue weighted by molar-refractivity contribution is 0.507. The van der Waals surface area contributed by atoms with E-state index < -0.39 is 22.2 Å². The lowest BCUT2D eigenvalue weighted by Crippen LogP contribution is -2.46. The number of halogens is 1. The van der Waals surface area contributed by atoms with Gasteiger partial charge in [-0.1, -0.05) is 19.1 Å². The molecule has 0 spiro atoms. The van der Waals surface area contributed by atoms with Crippen LogP contribution in [0.15, 0.2) is 24.3 Å². The van der Waals surface area contributed by atoms with E-state index in [1.807, 2.05) is 27.7 Å². The van der Waals surface area contributed by atoms with E-state index in [2.05, 4.69) is 10.8 Å². The fraction of sp³-hybridized carbons (Fsp3) is 0.533. The fourth-order valence-electron chi connectivity index (χ4n) is 1.86. The van der Waals surface area contributed by atoms with Crippen molar-refractivity contribution in [3.63, 3.8) is 0 Å². The summed E-state index contributed by atoms with van der Waals surface area (Å²) in [4.78, 5) is 0. The normalized spacial score (nSPS) is 16.2. The molecule has 1 aromatic carbocycles. The number of nitriles is 1. The SMILES string of the molecule is CCC(c1ccc(F)cc1)[C@@H](C#N)N[S+]([O-])C(C)(C)C. The molecule has 5 heteroatoms. The van der Waals surface area contributed by atoms with Gasteiger partial charge in [-0.3, -0.25) is 0 Å². The first-order valence-electron chi connectivity index (χ1n) is 6.62. The smallest absolute Gasteiger partial charge is 0.146 e. The molecule has 0 radical (unpaired) electrons. The Kier molecular flexibility index (Phi) is 6.00. The fourth-order valence-corrected chi connectivity index (χ4v) is 2.67. The van der Waals surface area contributed by atoms with E-state index in [-0.39, 0.29) is 11.7 Å². The average molecular weight is 296 g/mol. The minimum atomic E-state index is -1.31. The Bertz CT molecular complexity index is 464. The number of rotatable bonds is 5. The molecule has 1 rings (SSSR count). The van der Waals surface area contributed by atoms with Crippen LogP contribution in [0.3, 0.4) is 0 Å². The molecule has 0 aliphatic rings. The molecule has 3 nitrogen and oxygen atoms in total. The molecule has 2 unspecified atom stereocenters. The molecule has 1 N–H and O–H groups in total. The molecule has 110 valence electrons. The summed E-state index contributed by atoms with van der Waals surface area (Å²) in [6.07, 6.45) is 0.707. The van der Waals surface area contributed by atoms with Crippen molar-refractivity contribution in [3.8, 4) is 6.07 Å². The molecular formula is C15H21FN2OS. The molecule has 0 saturated carbocycles. The maximum absolute atomic E-state index is 13.0. The summed E-state index contributed by atoms with van der Waals surface area (Å²) in [6, 6.07) is 7.72. The van der Waals surface area contributed by atoms with Gasteiger partial charge in [0.05, 0.1) is 6.07 Å². The molecular weight excluding hydrogens is 275 g/mol. The Hall–Kier alpha value is -1.09. The zero-order valence-corrected chi connectivity index (χ0v) is 13.1. The molecule has 0 aromatic heterocycles. The van der Waals surface area contributed by atoms with Gasteiger partial charge in [0.1, 0.15) is 16.6 Å². The molecule has 3 atom stereocenters. The third kappa shape index (κ3) is 4.48. The summed E-state index contributed by atoms with van der Waals surface area (Å²) in [6.45, 7) is 7.51. The topological polar surface area (TPSA) is 58.9 Å². The van der Waals surface area contributed by atoms with Crippen LogP contribution in [-0.4, -0.2) is 15.3 Å². The van der Waals surface area contributed by atoms with Crippen LogP contribution in [0.25, 0.3) is 0 Å². The van der Waals surface area contributed by atoms with Gasteiger partial charge in [-0.05, 0) is 44.9 Å². The molecule has 0 aliphatic heterocycles. The third-order valence-electron chi connectivity index (χ3n) is 3.07. The predicted molar refractivity (Wildman–Crippen MR) is 79.9 cm³/mol. The highest BCUT2D eigenvalue weighted by molar-refractivity contribution is 7.90. The lowest BCUT2D eigenvalue weighted by Gasteiger charge is -2.28. The van der Waals surface area contributed by atoms with E-state index in [4.69, 9.17) is 0 Å². The van der Waals surface area contributed by atoms with E-state index in [9.17, 15) is 14.2 Å². The molecule has 0 amide bonds. The van der Waals surface area contributed by atoms with Gasteiger partial charge in [0.15, 0.2) is 0 Å². The van der Waals surface area contributed by atoms with E-state index in [0.29, 0.717) is 6.42 Å². The van der Waals surface area contributed by atoms with Gasteiger partial charge in [0, 0.05) is 17.3 Å². The summed E-state index contributed by atoms with van der Waals surface area (Å²) >= 11 is -1.31. The third-order valence-corrected chi connectivity index (χ3v) is 4.65. The van der Waals surface area contributed by atoms with Crippen LogP contribution >= 0.6 is 0 Å². The molecule has 0 fully saturated rings. The van der Waals surface area contributed by atoms with Gasteiger partial charge in [-0.15, -0.1) is 4.72 Å². The Labute approximate surface area is 123 Å². The van der Waals surface area contributed by atoms with Crippen molar-refractivity contribution in [1.82, 2.24) is 4.72 Å². The summed E-state index contributed by atoms with van der Waals surface area (Å²) in [5.41, 5.74) is 0.874. The van der Waals surface area contributed by atoms with Crippen molar-refractivity contribution in [3.05, 3.63) is 35.6 Å². The van der Waals surface area contributed by atoms with Crippen LogP contribution < -0.4 is 4.72 Å². The first-order valence-corrected chi connectivity index (χ1v) is 7.77. The monoisotopic (exact) mass is 296 g/mol. The summed E-state index contributed by atoms with van der Waals surface area (Å²) < 4.78 is 27.6. The number of hydrogen-bond donors (Lipinski definition) is 1. The highest BCUT2D eigenvalue weighted by Gasteiger charge is 2.32. The Morgan fingerprint density at radius 3 is 2.30 bits per heavy atom. The lowest BCUT2D eigenvalue weighted by atomic mass is 9.90. The summed E-state index contributed by atoms with van der Waals surface area (Å²) in [5, 5.41) is 9.34. The van der Waals surface area contributed by atoms with Gasteiger partial charge in [-0.2, -0.15) is 5.26 Å². The van der Waals surface area contributed by atoms with Crippen molar-refractivity contribution in [1.29, 1.82) is 5.26 Å². The quantitative estimate of drug-likeness (QED) is 0.848. The van der Waals surface area contributed by atoms with Gasteiger partial charge < -0.3 is 4.55 Å². The maximum atomic E-state index is 13.0. The van der Waals surface area contributed by atoms with Crippen LogP contribution in [0.2, 0.25) is 0 Å². The molecule has 0 heterocycles. The second kappa shape index (κ2) is 7.07. The number of nitrogens with zero attached hydrogens (tertiary/aromatic N) is 1. The number of hydrogen-bond acceptors (Lipinski definition) is 3. The summed E-state index contributed by atoms with van der Waals surface area (Å²) in [5.74, 6) is -0.421. The van der Waals surface area contributed by atoms with Crippen LogP contribution in [0.4, 0.5) is 4.39 Å². The van der Waals surface area contributed by atoms with Crippen LogP contribution in [0.5, 0.6) is 0 Å². The van der Waals surface area contributed by atoms with Crippen LogP contribution in [0.1, 0.15) is 45.6 Å². The number of nitrogens with one attached hydrogen (secondary N) is 1. The molecule has 0 bridgehead atoms. The maximum Gasteiger partial charge on any atom is 0.146 e. The van der Waals surface area contributed by atoms with E-state index in [1.54, 1.807) is 12.1 Å². The van der Waals surface area contributed by atoms with Gasteiger partial charge in [-0.25, -0.2) is 4.39 Å². The van der Waals surface area contributed by atoms with Gasteiger partial charge >= 0.3 is 0 Å². The predicted octanol–water partition coefficient (Wildman–Crippen LogP) is 3.26. The van der Waals surface area contributed by atoms with Gasteiger partial charge in [0.2, 0.25) is 0 Å². The Morgan fingerprint density at radius 2 is 1.90 bits per heavy atom. The second-order valence-corrected chi connectivity index (χ2v) is 7.67. The van der Waals surface area contributed by atoms with E-state index >= 15 is 0 Å². The van der Waals surface area contributed by atoms with Crippen LogP contribution in [0, 0.1) is 17.1 Å². The average Bonchev–Trinajstić information content (AvgIpc) is 2.39. The molecule has 0 aliphatic carbocycles. The van der Waals surface area contributed by atoms with Crippen molar-refractivity contribution >= 4 is 11.4 Å². The first kappa shape index (κ1) is 17.0. The van der Waals surface area contributed by atoms with Crippen molar-refractivity contribution in [2.75, 3.05) is 0 Å². The molecule has 20 heavy (non-hydrogen) atoms. The number of benzene rings is 1. The summed E-state index contributed by atoms with van der Waals surface area (Å²) in [7, 11) is 0. The standard InChI is InChI=1S/C15H21FN2OS/c1-5-13(11-6-8-12(16)9-7-11)14(10-17)18-20(19)15(2,3)4/h6-9,13-14,18H,5H2,1-4H3/t13?,14-,20?/m1/s1. The second-order valence-electron chi connectivity index (χ2n) is 5.67. The zero-order valence-electron chi connectivity index (χ0n) is 12.3. The Balaban J connectivity index is 2.91. The van der Waals surface area contributed by atoms with E-state index in [1.165, 1.54) is 12.1 Å². The van der Waals surface area contributed by atoms with Gasteiger partial charge in [0.25, 0.3) is 0 Å². The van der Waals surface area contributed by atoms with E-state index in [0.717, 1.165) is 5.56 Å². The zero-order chi connectivity index (χ0) is 15.3. The Morgan fingerprint density at radius 1 is 1.35 bits per heavy atom. The first-order chi connectivity index (χ1) is 9.29. The largest absolute Gasteiger partial charge is 0.598 e. The highest BCUT2D eigenvalue weighted by Crippen LogP contribution is 2.25. The molecule has 0 saturated heterocycles. The highest BCUT2D eigenvalue weighted by atomic mass is 32.2. The van der Waals surface area contributed by atoms with Crippen molar-refractivity contribution in [2.24, 2.45) is 0 Å². The minimum absolute atomic E-state index is 0.119. The minimum Gasteiger partial charge on any atom is -0.598 e.